The summed E-state index contributed by atoms with van der Waals surface area (Å²) in [6, 6.07) is 12.9. The van der Waals surface area contributed by atoms with E-state index in [-0.39, 0.29) is 11.8 Å². The Hall–Kier alpha value is -4.01. The van der Waals surface area contributed by atoms with Gasteiger partial charge in [0.2, 0.25) is 11.7 Å². The Balaban J connectivity index is 1.24. The molecular weight excluding hydrogens is 384 g/mol. The van der Waals surface area contributed by atoms with Crippen molar-refractivity contribution >= 4 is 5.91 Å². The van der Waals surface area contributed by atoms with E-state index in [1.165, 1.54) is 0 Å². The number of nitrogens with zero attached hydrogens (tertiary/aromatic N) is 5. The van der Waals surface area contributed by atoms with E-state index in [0.29, 0.717) is 36.2 Å². The molecule has 150 valence electrons. The summed E-state index contributed by atoms with van der Waals surface area (Å²) in [7, 11) is 1.61. The number of H-pyrrole nitrogens is 1. The van der Waals surface area contributed by atoms with Crippen molar-refractivity contribution in [2.75, 3.05) is 20.2 Å². The zero-order valence-corrected chi connectivity index (χ0v) is 16.1. The molecule has 5 rings (SSSR count). The molecule has 0 spiro atoms. The lowest BCUT2D eigenvalue weighted by molar-refractivity contribution is 0.0563. The van der Waals surface area contributed by atoms with Crippen molar-refractivity contribution < 1.29 is 14.1 Å². The summed E-state index contributed by atoms with van der Waals surface area (Å²) >= 11 is 0. The van der Waals surface area contributed by atoms with Crippen LogP contribution in [0.4, 0.5) is 0 Å². The largest absolute Gasteiger partial charge is 0.497 e. The van der Waals surface area contributed by atoms with E-state index in [1.807, 2.05) is 36.4 Å². The van der Waals surface area contributed by atoms with Gasteiger partial charge in [0.1, 0.15) is 11.4 Å². The van der Waals surface area contributed by atoms with E-state index in [0.717, 1.165) is 16.9 Å². The van der Waals surface area contributed by atoms with Gasteiger partial charge < -0.3 is 14.2 Å². The summed E-state index contributed by atoms with van der Waals surface area (Å²) in [6.07, 6.45) is 3.36. The molecule has 4 heterocycles. The van der Waals surface area contributed by atoms with Crippen LogP contribution in [0.5, 0.6) is 5.75 Å². The predicted molar refractivity (Wildman–Crippen MR) is 107 cm³/mol. The van der Waals surface area contributed by atoms with Crippen molar-refractivity contribution in [3.63, 3.8) is 0 Å². The van der Waals surface area contributed by atoms with E-state index < -0.39 is 0 Å². The number of rotatable bonds is 5. The van der Waals surface area contributed by atoms with Gasteiger partial charge in [0.25, 0.3) is 5.91 Å². The minimum Gasteiger partial charge on any atom is -0.497 e. The van der Waals surface area contributed by atoms with Gasteiger partial charge in [-0.3, -0.25) is 14.9 Å². The van der Waals surface area contributed by atoms with E-state index >= 15 is 0 Å². The molecule has 9 nitrogen and oxygen atoms in total. The van der Waals surface area contributed by atoms with Gasteiger partial charge in [-0.15, -0.1) is 0 Å². The number of amides is 1. The first-order valence-corrected chi connectivity index (χ1v) is 9.44. The third-order valence-corrected chi connectivity index (χ3v) is 5.07. The Bertz CT molecular complexity index is 1180. The maximum absolute atomic E-state index is 12.8. The maximum Gasteiger partial charge on any atom is 0.271 e. The smallest absolute Gasteiger partial charge is 0.271 e. The molecule has 4 aromatic rings. The Kier molecular flexibility index (Phi) is 4.47. The molecule has 1 aromatic carbocycles. The molecule has 0 radical (unpaired) electrons. The molecule has 9 heteroatoms. The Morgan fingerprint density at radius 3 is 2.80 bits per heavy atom. The first kappa shape index (κ1) is 18.0. The fourth-order valence-electron chi connectivity index (χ4n) is 3.35. The van der Waals surface area contributed by atoms with Crippen LogP contribution >= 0.6 is 0 Å². The summed E-state index contributed by atoms with van der Waals surface area (Å²) < 4.78 is 10.6. The number of benzene rings is 1. The molecule has 3 aromatic heterocycles. The number of likely N-dealkylation sites (tertiary alicyclic amines) is 1. The highest BCUT2D eigenvalue weighted by atomic mass is 16.5. The number of methoxy groups -OCH3 is 1. The fraction of sp³-hybridized carbons (Fsp3) is 0.190. The van der Waals surface area contributed by atoms with Crippen LogP contribution in [0.2, 0.25) is 0 Å². The van der Waals surface area contributed by atoms with Crippen molar-refractivity contribution in [1.82, 2.24) is 30.2 Å². The molecule has 0 unspecified atom stereocenters. The first-order chi connectivity index (χ1) is 14.7. The van der Waals surface area contributed by atoms with Crippen LogP contribution in [0.25, 0.3) is 22.6 Å². The highest BCUT2D eigenvalue weighted by molar-refractivity contribution is 5.94. The summed E-state index contributed by atoms with van der Waals surface area (Å²) in [6.45, 7) is 1.04. The highest BCUT2D eigenvalue weighted by Crippen LogP contribution is 2.29. The van der Waals surface area contributed by atoms with Gasteiger partial charge in [-0.1, -0.05) is 17.3 Å². The number of aromatic nitrogens is 5. The number of nitrogens with one attached hydrogen (secondary N) is 1. The standard InChI is InChI=1S/C21H18N6O3/c1-29-16-4-2-3-14(9-16)17-10-18(25-24-17)21(28)27-11-15(12-27)20-23-19(26-30-20)13-5-7-22-8-6-13/h2-10,15H,11-12H2,1H3,(H,24,25). The third-order valence-electron chi connectivity index (χ3n) is 5.07. The van der Waals surface area contributed by atoms with Gasteiger partial charge in [-0.05, 0) is 30.3 Å². The van der Waals surface area contributed by atoms with Gasteiger partial charge >= 0.3 is 0 Å². The second kappa shape index (κ2) is 7.43. The SMILES string of the molecule is COc1cccc(-c2cc(C(=O)N3CC(c4nc(-c5ccncc5)no4)C3)[nH]n2)c1. The molecule has 1 aliphatic heterocycles. The van der Waals surface area contributed by atoms with Crippen LogP contribution < -0.4 is 4.74 Å². The van der Waals surface area contributed by atoms with E-state index in [1.54, 1.807) is 30.5 Å². The second-order valence-electron chi connectivity index (χ2n) is 7.00. The summed E-state index contributed by atoms with van der Waals surface area (Å²) in [5, 5.41) is 11.1. The average molecular weight is 402 g/mol. The normalized spacial score (nSPS) is 13.8. The fourth-order valence-corrected chi connectivity index (χ4v) is 3.35. The van der Waals surface area contributed by atoms with Crippen molar-refractivity contribution in [3.05, 3.63) is 66.4 Å². The molecule has 0 aliphatic carbocycles. The Morgan fingerprint density at radius 1 is 1.17 bits per heavy atom. The lowest BCUT2D eigenvalue weighted by Gasteiger charge is -2.36. The number of aromatic amines is 1. The number of carbonyl (C=O) groups is 1. The number of ether oxygens (including phenoxy) is 1. The Labute approximate surface area is 171 Å². The maximum atomic E-state index is 12.8. The summed E-state index contributed by atoms with van der Waals surface area (Å²) in [5.74, 6) is 1.71. The van der Waals surface area contributed by atoms with Crippen LogP contribution in [0.3, 0.4) is 0 Å². The number of hydrogen-bond donors (Lipinski definition) is 1. The van der Waals surface area contributed by atoms with Gasteiger partial charge in [0.15, 0.2) is 0 Å². The average Bonchev–Trinajstić information content (AvgIpc) is 3.44. The number of hydrogen-bond acceptors (Lipinski definition) is 7. The molecule has 0 saturated carbocycles. The molecule has 0 bridgehead atoms. The minimum atomic E-state index is -0.109. The molecule has 1 N–H and O–H groups in total. The minimum absolute atomic E-state index is 0.0258. The highest BCUT2D eigenvalue weighted by Gasteiger charge is 2.36. The van der Waals surface area contributed by atoms with E-state index in [2.05, 4.69) is 25.3 Å². The second-order valence-corrected chi connectivity index (χ2v) is 7.00. The molecule has 1 saturated heterocycles. The van der Waals surface area contributed by atoms with Crippen LogP contribution in [-0.2, 0) is 0 Å². The van der Waals surface area contributed by atoms with Gasteiger partial charge in [0, 0.05) is 36.6 Å². The van der Waals surface area contributed by atoms with Crippen molar-refractivity contribution in [2.24, 2.45) is 0 Å². The first-order valence-electron chi connectivity index (χ1n) is 9.44. The van der Waals surface area contributed by atoms with Crippen LogP contribution in [-0.4, -0.2) is 56.3 Å². The number of pyridine rings is 1. The van der Waals surface area contributed by atoms with E-state index in [9.17, 15) is 4.79 Å². The third kappa shape index (κ3) is 3.30. The van der Waals surface area contributed by atoms with Crippen LogP contribution in [0.1, 0.15) is 22.3 Å². The zero-order chi connectivity index (χ0) is 20.5. The molecule has 1 aliphatic rings. The van der Waals surface area contributed by atoms with Gasteiger partial charge in [-0.25, -0.2) is 0 Å². The molecule has 0 atom stereocenters. The van der Waals surface area contributed by atoms with Gasteiger partial charge in [-0.2, -0.15) is 10.1 Å². The van der Waals surface area contributed by atoms with Crippen LogP contribution in [0, 0.1) is 0 Å². The topological polar surface area (TPSA) is 110 Å². The summed E-state index contributed by atoms with van der Waals surface area (Å²) in [5.41, 5.74) is 2.85. The van der Waals surface area contributed by atoms with Crippen molar-refractivity contribution in [1.29, 1.82) is 0 Å². The summed E-state index contributed by atoms with van der Waals surface area (Å²) in [4.78, 5) is 22.9. The molecule has 30 heavy (non-hydrogen) atoms. The van der Waals surface area contributed by atoms with Gasteiger partial charge in [0.05, 0.1) is 18.7 Å². The lowest BCUT2D eigenvalue weighted by atomic mass is 9.99. The monoisotopic (exact) mass is 402 g/mol. The molecule has 1 fully saturated rings. The van der Waals surface area contributed by atoms with Crippen molar-refractivity contribution in [3.8, 4) is 28.4 Å². The molecule has 1 amide bonds. The zero-order valence-electron chi connectivity index (χ0n) is 16.1. The van der Waals surface area contributed by atoms with Crippen molar-refractivity contribution in [2.45, 2.75) is 5.92 Å². The quantitative estimate of drug-likeness (QED) is 0.546. The van der Waals surface area contributed by atoms with E-state index in [4.69, 9.17) is 9.26 Å². The molecular formula is C21H18N6O3. The Morgan fingerprint density at radius 2 is 2.00 bits per heavy atom. The number of carbonyl (C=O) groups excluding carboxylic acids is 1. The van der Waals surface area contributed by atoms with Crippen LogP contribution in [0.15, 0.2) is 59.4 Å². The predicted octanol–water partition coefficient (Wildman–Crippen LogP) is 2.77. The lowest BCUT2D eigenvalue weighted by Crippen LogP contribution is -2.48.